The molecule has 1 aromatic carbocycles. The number of hydrogen-bond acceptors (Lipinski definition) is 4. The molecule has 1 heterocycles. The number of nitriles is 1. The lowest BCUT2D eigenvalue weighted by Gasteiger charge is -2.17. The Balaban J connectivity index is 2.02. The fraction of sp³-hybridized carbons (Fsp3) is 0.364. The van der Waals surface area contributed by atoms with E-state index in [0.29, 0.717) is 13.2 Å². The first-order chi connectivity index (χ1) is 13.5. The second-order valence-electron chi connectivity index (χ2n) is 6.59. The van der Waals surface area contributed by atoms with Crippen molar-refractivity contribution >= 4 is 23.7 Å². The number of hydrogen-bond donors (Lipinski definition) is 1. The number of nitrogens with zero attached hydrogens (tertiary/aromatic N) is 2. The van der Waals surface area contributed by atoms with Gasteiger partial charge in [-0.3, -0.25) is 4.79 Å². The minimum absolute atomic E-state index is 0.115. The van der Waals surface area contributed by atoms with E-state index < -0.39 is 0 Å². The molecule has 148 valence electrons. The summed E-state index contributed by atoms with van der Waals surface area (Å²) >= 11 is 1.67. The van der Waals surface area contributed by atoms with Gasteiger partial charge < -0.3 is 14.6 Å². The average molecular weight is 398 g/mol. The van der Waals surface area contributed by atoms with Crippen molar-refractivity contribution in [2.45, 2.75) is 31.7 Å². The van der Waals surface area contributed by atoms with E-state index in [1.165, 1.54) is 0 Å². The van der Waals surface area contributed by atoms with Crippen molar-refractivity contribution in [1.82, 2.24) is 9.88 Å². The monoisotopic (exact) mass is 397 g/mol. The minimum atomic E-state index is -0.342. The molecule has 1 atom stereocenters. The van der Waals surface area contributed by atoms with Crippen molar-refractivity contribution in [1.29, 1.82) is 5.26 Å². The van der Waals surface area contributed by atoms with E-state index in [1.807, 2.05) is 56.3 Å². The van der Waals surface area contributed by atoms with Crippen LogP contribution in [-0.4, -0.2) is 36.5 Å². The fourth-order valence-electron chi connectivity index (χ4n) is 3.19. The molecule has 28 heavy (non-hydrogen) atoms. The normalized spacial score (nSPS) is 12.5. The summed E-state index contributed by atoms with van der Waals surface area (Å²) in [5.74, 6) is 0.406. The summed E-state index contributed by atoms with van der Waals surface area (Å²) in [7, 11) is 1.68. The van der Waals surface area contributed by atoms with Crippen LogP contribution in [0.15, 0.2) is 46.9 Å². The fourth-order valence-corrected chi connectivity index (χ4v) is 3.98. The van der Waals surface area contributed by atoms with Gasteiger partial charge in [-0.25, -0.2) is 0 Å². The lowest BCUT2D eigenvalue weighted by molar-refractivity contribution is -0.116. The number of aromatic nitrogens is 1. The number of aryl methyl sites for hydroxylation is 1. The third kappa shape index (κ3) is 5.75. The van der Waals surface area contributed by atoms with Gasteiger partial charge in [0.2, 0.25) is 0 Å². The molecule has 0 aliphatic carbocycles. The highest BCUT2D eigenvalue weighted by atomic mass is 32.2. The van der Waals surface area contributed by atoms with E-state index in [-0.39, 0.29) is 17.5 Å². The highest BCUT2D eigenvalue weighted by Crippen LogP contribution is 2.23. The quantitative estimate of drug-likeness (QED) is 0.299. The number of carbonyl (C=O) groups excluding carboxylic acids is 1. The molecule has 0 saturated carbocycles. The Morgan fingerprint density at radius 3 is 2.71 bits per heavy atom. The molecule has 0 saturated heterocycles. The first-order valence-electron chi connectivity index (χ1n) is 9.23. The molecule has 1 unspecified atom stereocenters. The lowest BCUT2D eigenvalue weighted by atomic mass is 10.1. The summed E-state index contributed by atoms with van der Waals surface area (Å²) in [6.07, 6.45) is 1.66. The van der Waals surface area contributed by atoms with Crippen molar-refractivity contribution in [3.63, 3.8) is 0 Å². The molecular formula is C22H27N3O2S. The number of ether oxygens (including phenoxy) is 1. The summed E-state index contributed by atoms with van der Waals surface area (Å²) in [5, 5.41) is 12.3. The van der Waals surface area contributed by atoms with Gasteiger partial charge in [-0.1, -0.05) is 18.2 Å². The number of thioether (sulfide) groups is 1. The molecule has 1 amide bonds. The zero-order chi connectivity index (χ0) is 20.5. The highest BCUT2D eigenvalue weighted by molar-refractivity contribution is 7.99. The van der Waals surface area contributed by atoms with E-state index in [0.717, 1.165) is 27.6 Å². The summed E-state index contributed by atoms with van der Waals surface area (Å²) in [4.78, 5) is 13.5. The van der Waals surface area contributed by atoms with E-state index in [2.05, 4.69) is 16.8 Å². The van der Waals surface area contributed by atoms with Crippen molar-refractivity contribution < 1.29 is 9.53 Å². The van der Waals surface area contributed by atoms with Crippen LogP contribution in [0.4, 0.5) is 0 Å². The highest BCUT2D eigenvalue weighted by Gasteiger charge is 2.15. The van der Waals surface area contributed by atoms with Crippen LogP contribution < -0.4 is 5.32 Å². The minimum Gasteiger partial charge on any atom is -0.383 e. The Morgan fingerprint density at radius 2 is 2.07 bits per heavy atom. The van der Waals surface area contributed by atoms with Crippen LogP contribution in [0.1, 0.15) is 29.9 Å². The van der Waals surface area contributed by atoms with Crippen molar-refractivity contribution in [3.05, 3.63) is 58.9 Å². The topological polar surface area (TPSA) is 67.0 Å². The summed E-state index contributed by atoms with van der Waals surface area (Å²) in [5.41, 5.74) is 3.09. The molecule has 0 spiro atoms. The number of carbonyl (C=O) groups is 1. The first-order valence-corrected chi connectivity index (χ1v) is 10.2. The first kappa shape index (κ1) is 21.8. The van der Waals surface area contributed by atoms with Crippen LogP contribution >= 0.6 is 11.8 Å². The molecule has 2 aromatic rings. The third-order valence-electron chi connectivity index (χ3n) is 4.44. The molecule has 0 aliphatic heterocycles. The summed E-state index contributed by atoms with van der Waals surface area (Å²) in [6.45, 7) is 7.20. The standard InChI is InChI=1S/C22H27N3O2S/c1-16-12-19(18(3)25(16)17(2)15-27-4)13-20(14-23)22(26)24-10-11-28-21-8-6-5-7-9-21/h5-9,12-13,17H,10-11,15H2,1-4H3,(H,24,26)/b20-13+. The predicted octanol–water partition coefficient (Wildman–Crippen LogP) is 4.13. The second-order valence-corrected chi connectivity index (χ2v) is 7.76. The van der Waals surface area contributed by atoms with Gasteiger partial charge in [0.1, 0.15) is 11.6 Å². The van der Waals surface area contributed by atoms with Crippen LogP contribution in [-0.2, 0) is 9.53 Å². The van der Waals surface area contributed by atoms with Gasteiger partial charge >= 0.3 is 0 Å². The van der Waals surface area contributed by atoms with E-state index in [1.54, 1.807) is 24.9 Å². The number of benzene rings is 1. The van der Waals surface area contributed by atoms with Crippen molar-refractivity contribution in [2.24, 2.45) is 0 Å². The Labute approximate surface area is 171 Å². The van der Waals surface area contributed by atoms with Gasteiger partial charge in [-0.05, 0) is 50.6 Å². The molecule has 1 N–H and O–H groups in total. The third-order valence-corrected chi connectivity index (χ3v) is 5.45. The maximum atomic E-state index is 12.4. The van der Waals surface area contributed by atoms with Gasteiger partial charge in [0.25, 0.3) is 5.91 Å². The Kier molecular flexibility index (Phi) is 8.37. The van der Waals surface area contributed by atoms with E-state index >= 15 is 0 Å². The van der Waals surface area contributed by atoms with Crippen LogP contribution in [0.2, 0.25) is 0 Å². The molecule has 5 nitrogen and oxygen atoms in total. The van der Waals surface area contributed by atoms with Crippen molar-refractivity contribution in [3.8, 4) is 6.07 Å². The van der Waals surface area contributed by atoms with Crippen LogP contribution in [0, 0.1) is 25.2 Å². The molecule has 1 aromatic heterocycles. The SMILES string of the molecule is COCC(C)n1c(C)cc(/C=C(\C#N)C(=O)NCCSc2ccccc2)c1C. The Morgan fingerprint density at radius 1 is 1.36 bits per heavy atom. The largest absolute Gasteiger partial charge is 0.383 e. The zero-order valence-corrected chi connectivity index (χ0v) is 17.7. The molecule has 6 heteroatoms. The summed E-state index contributed by atoms with van der Waals surface area (Å²) < 4.78 is 7.42. The Bertz CT molecular complexity index is 866. The number of methoxy groups -OCH3 is 1. The number of amides is 1. The van der Waals surface area contributed by atoms with Crippen molar-refractivity contribution in [2.75, 3.05) is 26.0 Å². The van der Waals surface area contributed by atoms with Crippen LogP contribution in [0.5, 0.6) is 0 Å². The second kappa shape index (κ2) is 10.7. The van der Waals surface area contributed by atoms with E-state index in [4.69, 9.17) is 4.74 Å². The maximum absolute atomic E-state index is 12.4. The van der Waals surface area contributed by atoms with Gasteiger partial charge in [0.15, 0.2) is 0 Å². The molecule has 2 rings (SSSR count). The number of rotatable bonds is 9. The molecule has 0 fully saturated rings. The average Bonchev–Trinajstić information content (AvgIpc) is 2.97. The van der Waals surface area contributed by atoms with E-state index in [9.17, 15) is 10.1 Å². The molecule has 0 aliphatic rings. The van der Waals surface area contributed by atoms with Gasteiger partial charge in [-0.15, -0.1) is 11.8 Å². The molecular weight excluding hydrogens is 370 g/mol. The summed E-state index contributed by atoms with van der Waals surface area (Å²) in [6, 6.07) is 14.2. The molecule has 0 bridgehead atoms. The zero-order valence-electron chi connectivity index (χ0n) is 16.9. The Hall–Kier alpha value is -2.49. The predicted molar refractivity (Wildman–Crippen MR) is 114 cm³/mol. The maximum Gasteiger partial charge on any atom is 0.261 e. The number of nitrogens with one attached hydrogen (secondary N) is 1. The lowest BCUT2D eigenvalue weighted by Crippen LogP contribution is -2.26. The van der Waals surface area contributed by atoms with Gasteiger partial charge in [0.05, 0.1) is 12.6 Å². The van der Waals surface area contributed by atoms with Gasteiger partial charge in [0, 0.05) is 35.7 Å². The molecule has 0 radical (unpaired) electrons. The van der Waals surface area contributed by atoms with Crippen LogP contribution in [0.3, 0.4) is 0 Å². The van der Waals surface area contributed by atoms with Crippen LogP contribution in [0.25, 0.3) is 6.08 Å². The van der Waals surface area contributed by atoms with Gasteiger partial charge in [-0.2, -0.15) is 5.26 Å². The smallest absolute Gasteiger partial charge is 0.261 e.